The molecule has 4 heteroatoms. The molecule has 55 heavy (non-hydrogen) atoms. The molecule has 4 nitrogen and oxygen atoms in total. The van der Waals surface area contributed by atoms with Crippen LogP contribution < -0.4 is 5.43 Å². The van der Waals surface area contributed by atoms with Crippen LogP contribution in [0.25, 0.3) is 77.3 Å². The molecular weight excluding hydrogens is 669 g/mol. The molecule has 8 aromatic rings. The zero-order valence-electron chi connectivity index (χ0n) is 30.1. The molecule has 0 spiro atoms. The highest BCUT2D eigenvalue weighted by Crippen LogP contribution is 2.44. The maximum absolute atomic E-state index is 9.06. The van der Waals surface area contributed by atoms with Gasteiger partial charge in [0.1, 0.15) is 5.71 Å². The van der Waals surface area contributed by atoms with Crippen LogP contribution in [0.3, 0.4) is 0 Å². The van der Waals surface area contributed by atoms with Crippen LogP contribution in [0.2, 0.25) is 0 Å². The molecule has 0 atom stereocenters. The summed E-state index contributed by atoms with van der Waals surface area (Å²) < 4.78 is 0. The predicted molar refractivity (Wildman–Crippen MR) is 233 cm³/mol. The first-order chi connectivity index (χ1) is 27.2. The summed E-state index contributed by atoms with van der Waals surface area (Å²) >= 11 is 0. The number of benzene rings is 7. The van der Waals surface area contributed by atoms with Crippen molar-refractivity contribution in [2.45, 2.75) is 12.8 Å². The fourth-order valence-corrected chi connectivity index (χ4v) is 8.22. The third-order valence-electron chi connectivity index (χ3n) is 10.9. The number of hydrogen-bond acceptors (Lipinski definition) is 4. The monoisotopic (exact) mass is 704 g/mol. The maximum atomic E-state index is 9.06. The molecule has 0 saturated heterocycles. The Kier molecular flexibility index (Phi) is 8.07. The predicted octanol–water partition coefficient (Wildman–Crippen LogP) is 12.9. The van der Waals surface area contributed by atoms with Crippen LogP contribution in [0.5, 0.6) is 0 Å². The number of pyridine rings is 1. The molecule has 0 amide bonds. The number of aryl methyl sites for hydroxylation is 1. The topological polar surface area (TPSA) is 61.1 Å². The number of fused-ring (bicyclic) bond motifs is 4. The van der Waals surface area contributed by atoms with E-state index in [2.05, 4.69) is 169 Å². The molecule has 2 aliphatic carbocycles. The lowest BCUT2D eigenvalue weighted by atomic mass is 9.84. The van der Waals surface area contributed by atoms with Crippen LogP contribution in [0.4, 0.5) is 5.69 Å². The summed E-state index contributed by atoms with van der Waals surface area (Å²) in [6.45, 7) is 0. The Morgan fingerprint density at radius 3 is 1.93 bits per heavy atom. The number of rotatable bonds is 6. The summed E-state index contributed by atoms with van der Waals surface area (Å²) in [5.41, 5.74) is 16.6. The SMILES string of the molecule is N=C1C=C(c2ccc3c(-c4ccccc4)c4ccccc4c(-c4ccccc4)c3c2)C=C/C1=N/Nc1ccc(-c2cnc3c(c2)CCC=C3)c2ccccc12. The number of allylic oxidation sites excluding steroid dienone is 5. The molecule has 1 heterocycles. The van der Waals surface area contributed by atoms with Crippen molar-refractivity contribution in [3.63, 3.8) is 0 Å². The third-order valence-corrected chi connectivity index (χ3v) is 10.9. The van der Waals surface area contributed by atoms with Gasteiger partial charge in [0.25, 0.3) is 0 Å². The van der Waals surface area contributed by atoms with E-state index in [9.17, 15) is 0 Å². The summed E-state index contributed by atoms with van der Waals surface area (Å²) in [5.74, 6) is 0. The van der Waals surface area contributed by atoms with Gasteiger partial charge in [0.2, 0.25) is 0 Å². The van der Waals surface area contributed by atoms with Gasteiger partial charge in [0.05, 0.1) is 17.1 Å². The first kappa shape index (κ1) is 32.5. The largest absolute Gasteiger partial charge is 0.299 e. The minimum absolute atomic E-state index is 0.354. The number of hydrazone groups is 1. The van der Waals surface area contributed by atoms with Gasteiger partial charge in [0.15, 0.2) is 0 Å². The van der Waals surface area contributed by atoms with Gasteiger partial charge in [-0.25, -0.2) is 0 Å². The Hall–Kier alpha value is -7.17. The number of aromatic nitrogens is 1. The van der Waals surface area contributed by atoms with Crippen molar-refractivity contribution in [3.8, 4) is 33.4 Å². The third kappa shape index (κ3) is 5.85. The summed E-state index contributed by atoms with van der Waals surface area (Å²) in [6.07, 6.45) is 14.3. The quantitative estimate of drug-likeness (QED) is 0.103. The molecule has 2 N–H and O–H groups in total. The van der Waals surface area contributed by atoms with E-state index in [1.165, 1.54) is 49.4 Å². The smallest absolute Gasteiger partial charge is 0.108 e. The first-order valence-electron chi connectivity index (χ1n) is 18.8. The van der Waals surface area contributed by atoms with Gasteiger partial charge in [-0.1, -0.05) is 140 Å². The lowest BCUT2D eigenvalue weighted by Crippen LogP contribution is -2.13. The Labute approximate surface area is 320 Å². The lowest BCUT2D eigenvalue weighted by molar-refractivity contribution is 0.965. The summed E-state index contributed by atoms with van der Waals surface area (Å²) in [6, 6.07) is 51.7. The summed E-state index contributed by atoms with van der Waals surface area (Å²) in [7, 11) is 0. The van der Waals surface area contributed by atoms with Gasteiger partial charge in [-0.2, -0.15) is 5.10 Å². The van der Waals surface area contributed by atoms with Crippen molar-refractivity contribution < 1.29 is 0 Å². The highest BCUT2D eigenvalue weighted by Gasteiger charge is 2.19. The minimum Gasteiger partial charge on any atom is -0.299 e. The summed E-state index contributed by atoms with van der Waals surface area (Å²) in [4.78, 5) is 4.76. The average molecular weight is 705 g/mol. The van der Waals surface area contributed by atoms with Crippen molar-refractivity contribution >= 4 is 61.1 Å². The lowest BCUT2D eigenvalue weighted by Gasteiger charge is -2.19. The van der Waals surface area contributed by atoms with Gasteiger partial charge in [-0.3, -0.25) is 15.8 Å². The fourth-order valence-electron chi connectivity index (χ4n) is 8.22. The van der Waals surface area contributed by atoms with Crippen LogP contribution in [0, 0.1) is 5.41 Å². The van der Waals surface area contributed by atoms with E-state index < -0.39 is 0 Å². The standard InChI is InChI=1S/C51H36N4/c52-46-31-36(24-27-49(46)55-54-48-28-26-39(40-18-8-9-19-41(40)48)38-29-37-17-7-12-22-47(37)53-32-38)35-23-25-44-45(30-35)51(34-15-5-2-6-16-34)43-21-11-10-20-42(43)50(44)33-13-3-1-4-14-33/h1-6,8-16,18-32,52,54H,7,17H2/b52-46?,55-49-. The van der Waals surface area contributed by atoms with Crippen LogP contribution in [-0.2, 0) is 6.42 Å². The zero-order valence-corrected chi connectivity index (χ0v) is 30.1. The number of nitrogens with one attached hydrogen (secondary N) is 2. The van der Waals surface area contributed by atoms with Crippen LogP contribution in [-0.4, -0.2) is 16.4 Å². The van der Waals surface area contributed by atoms with Crippen molar-refractivity contribution in [1.82, 2.24) is 4.98 Å². The second-order valence-corrected chi connectivity index (χ2v) is 14.2. The Bertz CT molecular complexity index is 2950. The number of nitrogens with zero attached hydrogens (tertiary/aromatic N) is 2. The van der Waals surface area contributed by atoms with Crippen molar-refractivity contribution in [1.29, 1.82) is 5.41 Å². The summed E-state index contributed by atoms with van der Waals surface area (Å²) in [5, 5.41) is 20.8. The molecule has 0 saturated carbocycles. The normalized spacial score (nSPS) is 14.4. The maximum Gasteiger partial charge on any atom is 0.108 e. The van der Waals surface area contributed by atoms with Gasteiger partial charge in [-0.05, 0) is 121 Å². The van der Waals surface area contributed by atoms with E-state index in [0.29, 0.717) is 11.4 Å². The van der Waals surface area contributed by atoms with Gasteiger partial charge >= 0.3 is 0 Å². The van der Waals surface area contributed by atoms with Crippen molar-refractivity contribution in [2.75, 3.05) is 5.43 Å². The van der Waals surface area contributed by atoms with E-state index in [-0.39, 0.29) is 0 Å². The molecule has 0 unspecified atom stereocenters. The molecular formula is C51H36N4. The van der Waals surface area contributed by atoms with E-state index in [4.69, 9.17) is 15.5 Å². The van der Waals surface area contributed by atoms with E-state index >= 15 is 0 Å². The van der Waals surface area contributed by atoms with Crippen LogP contribution in [0.1, 0.15) is 23.2 Å². The highest BCUT2D eigenvalue weighted by molar-refractivity contribution is 6.51. The highest BCUT2D eigenvalue weighted by atomic mass is 15.3. The van der Waals surface area contributed by atoms with E-state index in [0.717, 1.165) is 57.3 Å². The van der Waals surface area contributed by atoms with Gasteiger partial charge < -0.3 is 0 Å². The van der Waals surface area contributed by atoms with Crippen LogP contribution in [0.15, 0.2) is 181 Å². The van der Waals surface area contributed by atoms with E-state index in [1.807, 2.05) is 18.3 Å². The van der Waals surface area contributed by atoms with Gasteiger partial charge in [-0.15, -0.1) is 0 Å². The minimum atomic E-state index is 0.354. The van der Waals surface area contributed by atoms with Crippen LogP contribution >= 0.6 is 0 Å². The first-order valence-corrected chi connectivity index (χ1v) is 18.8. The van der Waals surface area contributed by atoms with Crippen molar-refractivity contribution in [3.05, 3.63) is 193 Å². The Balaban J connectivity index is 1.00. The molecule has 1 aromatic heterocycles. The zero-order chi connectivity index (χ0) is 36.7. The molecule has 10 rings (SSSR count). The Morgan fingerprint density at radius 2 is 1.20 bits per heavy atom. The number of anilines is 1. The second kappa shape index (κ2) is 13.7. The molecule has 0 radical (unpaired) electrons. The molecule has 7 aromatic carbocycles. The second-order valence-electron chi connectivity index (χ2n) is 14.2. The average Bonchev–Trinajstić information content (AvgIpc) is 3.25. The Morgan fingerprint density at radius 1 is 0.545 bits per heavy atom. The molecule has 0 fully saturated rings. The molecule has 260 valence electrons. The number of hydrogen-bond donors (Lipinski definition) is 2. The van der Waals surface area contributed by atoms with E-state index in [1.54, 1.807) is 0 Å². The fraction of sp³-hybridized carbons (Fsp3) is 0.0392. The molecule has 2 aliphatic rings. The van der Waals surface area contributed by atoms with Crippen molar-refractivity contribution in [2.24, 2.45) is 5.10 Å². The van der Waals surface area contributed by atoms with Gasteiger partial charge in [0, 0.05) is 17.1 Å². The molecule has 0 aliphatic heterocycles. The molecule has 0 bridgehead atoms.